The van der Waals surface area contributed by atoms with E-state index in [0.29, 0.717) is 15.8 Å². The third-order valence-corrected chi connectivity index (χ3v) is 3.79. The van der Waals surface area contributed by atoms with E-state index in [9.17, 15) is 4.79 Å². The first-order valence-electron chi connectivity index (χ1n) is 5.80. The van der Waals surface area contributed by atoms with E-state index in [4.69, 9.17) is 11.6 Å². The zero-order valence-corrected chi connectivity index (χ0v) is 12.0. The average molecular weight is 305 g/mol. The summed E-state index contributed by atoms with van der Waals surface area (Å²) in [4.78, 5) is 16.3. The quantitative estimate of drug-likeness (QED) is 0.738. The van der Waals surface area contributed by atoms with Gasteiger partial charge in [0.25, 0.3) is 5.91 Å². The number of aryl methyl sites for hydroxylation is 1. The summed E-state index contributed by atoms with van der Waals surface area (Å²) in [6.07, 6.45) is 1.47. The third kappa shape index (κ3) is 2.35. The molecule has 3 rings (SSSR count). The smallest absolute Gasteiger partial charge is 0.259 e. The summed E-state index contributed by atoms with van der Waals surface area (Å²) in [5.41, 5.74) is 0.456. The maximum absolute atomic E-state index is 12.3. The average Bonchev–Trinajstić information content (AvgIpc) is 2.84. The third-order valence-electron chi connectivity index (χ3n) is 2.74. The molecule has 1 N–H and O–H groups in total. The van der Waals surface area contributed by atoms with Crippen LogP contribution in [0, 0.1) is 6.92 Å². The second-order valence-electron chi connectivity index (χ2n) is 4.09. The number of hydrogen-bond donors (Lipinski definition) is 1. The van der Waals surface area contributed by atoms with Crippen molar-refractivity contribution in [2.24, 2.45) is 0 Å². The predicted molar refractivity (Wildman–Crippen MR) is 79.4 cm³/mol. The molecule has 2 heterocycles. The van der Waals surface area contributed by atoms with Crippen LogP contribution in [-0.2, 0) is 0 Å². The second-order valence-corrected chi connectivity index (χ2v) is 5.63. The number of anilines is 1. The Hall–Kier alpha value is -2.05. The van der Waals surface area contributed by atoms with E-state index in [1.54, 1.807) is 0 Å². The van der Waals surface area contributed by atoms with E-state index >= 15 is 0 Å². The Kier molecular flexibility index (Phi) is 3.33. The zero-order chi connectivity index (χ0) is 14.1. The first-order chi connectivity index (χ1) is 9.65. The Balaban J connectivity index is 2.01. The van der Waals surface area contributed by atoms with Crippen molar-refractivity contribution in [3.8, 4) is 0 Å². The lowest BCUT2D eigenvalue weighted by atomic mass is 10.1. The molecule has 1 amide bonds. The molecule has 0 spiro atoms. The van der Waals surface area contributed by atoms with Gasteiger partial charge in [0.2, 0.25) is 5.13 Å². The summed E-state index contributed by atoms with van der Waals surface area (Å²) in [6, 6.07) is 7.37. The number of aromatic nitrogens is 3. The second kappa shape index (κ2) is 5.15. The number of hydrogen-bond acceptors (Lipinski definition) is 5. The number of carbonyl (C=O) groups excluding carboxylic acids is 1. The summed E-state index contributed by atoms with van der Waals surface area (Å²) >= 11 is 7.35. The molecule has 20 heavy (non-hydrogen) atoms. The molecular formula is C13H9ClN4OS. The summed E-state index contributed by atoms with van der Waals surface area (Å²) in [5, 5.41) is 13.6. The molecule has 7 heteroatoms. The Morgan fingerprint density at radius 2 is 2.00 bits per heavy atom. The van der Waals surface area contributed by atoms with Gasteiger partial charge in [0.1, 0.15) is 10.2 Å². The van der Waals surface area contributed by atoms with Gasteiger partial charge in [-0.05, 0) is 12.3 Å². The van der Waals surface area contributed by atoms with Crippen molar-refractivity contribution >= 4 is 44.7 Å². The van der Waals surface area contributed by atoms with Crippen LogP contribution in [0.4, 0.5) is 5.13 Å². The van der Waals surface area contributed by atoms with Crippen molar-refractivity contribution in [2.75, 3.05) is 5.32 Å². The number of benzene rings is 1. The lowest BCUT2D eigenvalue weighted by molar-refractivity contribution is 0.102. The maximum atomic E-state index is 12.3. The molecule has 0 aliphatic carbocycles. The van der Waals surface area contributed by atoms with E-state index in [1.165, 1.54) is 17.5 Å². The van der Waals surface area contributed by atoms with Gasteiger partial charge in [-0.2, -0.15) is 0 Å². The molecule has 0 aliphatic rings. The molecule has 0 unspecified atom stereocenters. The Bertz CT molecular complexity index is 802. The minimum Gasteiger partial charge on any atom is -0.296 e. The first-order valence-corrected chi connectivity index (χ1v) is 6.99. The molecule has 0 atom stereocenters. The molecule has 100 valence electrons. The van der Waals surface area contributed by atoms with Gasteiger partial charge in [0.05, 0.1) is 5.56 Å². The van der Waals surface area contributed by atoms with Crippen LogP contribution in [0.5, 0.6) is 0 Å². The first kappa shape index (κ1) is 13.0. The van der Waals surface area contributed by atoms with Crippen molar-refractivity contribution < 1.29 is 4.79 Å². The highest BCUT2D eigenvalue weighted by atomic mass is 35.5. The molecular weight excluding hydrogens is 296 g/mol. The van der Waals surface area contributed by atoms with Crippen LogP contribution < -0.4 is 5.32 Å². The number of amides is 1. The topological polar surface area (TPSA) is 67.8 Å². The summed E-state index contributed by atoms with van der Waals surface area (Å²) in [5.74, 6) is -0.276. The number of nitrogens with zero attached hydrogens (tertiary/aromatic N) is 3. The Morgan fingerprint density at radius 3 is 2.70 bits per heavy atom. The molecule has 0 bridgehead atoms. The lowest BCUT2D eigenvalue weighted by Crippen LogP contribution is -2.12. The van der Waals surface area contributed by atoms with E-state index in [1.807, 2.05) is 31.2 Å². The zero-order valence-electron chi connectivity index (χ0n) is 10.4. The normalized spacial score (nSPS) is 10.7. The summed E-state index contributed by atoms with van der Waals surface area (Å²) in [7, 11) is 0. The molecule has 0 fully saturated rings. The molecule has 0 radical (unpaired) electrons. The van der Waals surface area contributed by atoms with Crippen LogP contribution in [-0.4, -0.2) is 21.1 Å². The molecule has 0 saturated carbocycles. The molecule has 1 aromatic carbocycles. The maximum Gasteiger partial charge on any atom is 0.259 e. The number of rotatable bonds is 2. The molecule has 3 aromatic rings. The fourth-order valence-electron chi connectivity index (χ4n) is 1.85. The van der Waals surface area contributed by atoms with Crippen molar-refractivity contribution in [3.05, 3.63) is 46.2 Å². The van der Waals surface area contributed by atoms with Gasteiger partial charge in [0, 0.05) is 11.6 Å². The van der Waals surface area contributed by atoms with E-state index in [0.717, 1.165) is 15.8 Å². The monoisotopic (exact) mass is 304 g/mol. The lowest BCUT2D eigenvalue weighted by Gasteiger charge is -2.06. The Labute approximate surface area is 123 Å². The van der Waals surface area contributed by atoms with Crippen molar-refractivity contribution in [3.63, 3.8) is 0 Å². The fourth-order valence-corrected chi connectivity index (χ4v) is 2.65. The SMILES string of the molecule is Cc1nnc(NC(=O)c2cnc(Cl)c3ccccc23)s1. The van der Waals surface area contributed by atoms with Crippen LogP contribution in [0.1, 0.15) is 15.4 Å². The summed E-state index contributed by atoms with van der Waals surface area (Å²) < 4.78 is 0. The highest BCUT2D eigenvalue weighted by Gasteiger charge is 2.14. The largest absolute Gasteiger partial charge is 0.296 e. The van der Waals surface area contributed by atoms with Crippen LogP contribution in [0.3, 0.4) is 0 Å². The van der Waals surface area contributed by atoms with Gasteiger partial charge in [0.15, 0.2) is 0 Å². The molecule has 2 aromatic heterocycles. The number of fused-ring (bicyclic) bond motifs is 1. The molecule has 0 aliphatic heterocycles. The van der Waals surface area contributed by atoms with Crippen LogP contribution in [0.15, 0.2) is 30.5 Å². The number of nitrogens with one attached hydrogen (secondary N) is 1. The number of pyridine rings is 1. The van der Waals surface area contributed by atoms with E-state index < -0.39 is 0 Å². The fraction of sp³-hybridized carbons (Fsp3) is 0.0769. The summed E-state index contributed by atoms with van der Waals surface area (Å²) in [6.45, 7) is 1.83. The van der Waals surface area contributed by atoms with Crippen LogP contribution in [0.25, 0.3) is 10.8 Å². The van der Waals surface area contributed by atoms with Gasteiger partial charge < -0.3 is 0 Å². The van der Waals surface area contributed by atoms with Gasteiger partial charge in [-0.25, -0.2) is 4.98 Å². The number of carbonyl (C=O) groups is 1. The van der Waals surface area contributed by atoms with E-state index in [2.05, 4.69) is 20.5 Å². The van der Waals surface area contributed by atoms with Gasteiger partial charge >= 0.3 is 0 Å². The van der Waals surface area contributed by atoms with Crippen molar-refractivity contribution in [1.29, 1.82) is 0 Å². The van der Waals surface area contributed by atoms with Crippen LogP contribution in [0.2, 0.25) is 5.15 Å². The standard InChI is InChI=1S/C13H9ClN4OS/c1-7-17-18-13(20-7)16-12(19)10-6-15-11(14)9-5-3-2-4-8(9)10/h2-6H,1H3,(H,16,18,19). The minimum atomic E-state index is -0.276. The van der Waals surface area contributed by atoms with Gasteiger partial charge in [-0.1, -0.05) is 47.2 Å². The molecule has 0 saturated heterocycles. The van der Waals surface area contributed by atoms with Crippen molar-refractivity contribution in [2.45, 2.75) is 6.92 Å². The van der Waals surface area contributed by atoms with Crippen LogP contribution >= 0.6 is 22.9 Å². The number of halogens is 1. The Morgan fingerprint density at radius 1 is 1.25 bits per heavy atom. The van der Waals surface area contributed by atoms with E-state index in [-0.39, 0.29) is 5.91 Å². The predicted octanol–water partition coefficient (Wildman–Crippen LogP) is 3.30. The van der Waals surface area contributed by atoms with Gasteiger partial charge in [-0.3, -0.25) is 10.1 Å². The molecule has 5 nitrogen and oxygen atoms in total. The van der Waals surface area contributed by atoms with Gasteiger partial charge in [-0.15, -0.1) is 10.2 Å². The van der Waals surface area contributed by atoms with Crippen molar-refractivity contribution in [1.82, 2.24) is 15.2 Å². The minimum absolute atomic E-state index is 0.276. The highest BCUT2D eigenvalue weighted by Crippen LogP contribution is 2.25. The highest BCUT2D eigenvalue weighted by molar-refractivity contribution is 7.15.